The van der Waals surface area contributed by atoms with Gasteiger partial charge in [0.05, 0.1) is 0 Å². The van der Waals surface area contributed by atoms with Crippen LogP contribution in [-0.2, 0) is 0 Å². The first-order valence-electron chi connectivity index (χ1n) is 4.49. The monoisotopic (exact) mass is 181 g/mol. The first-order chi connectivity index (χ1) is 6.27. The maximum atomic E-state index is 12.7. The van der Waals surface area contributed by atoms with Gasteiger partial charge in [-0.25, -0.2) is 4.39 Å². The van der Waals surface area contributed by atoms with Gasteiger partial charge in [-0.3, -0.25) is 0 Å². The van der Waals surface area contributed by atoms with Gasteiger partial charge in [-0.15, -0.1) is 0 Å². The molecule has 1 saturated heterocycles. The third kappa shape index (κ3) is 1.65. The minimum atomic E-state index is -0.390. The highest BCUT2D eigenvalue weighted by atomic mass is 19.1. The van der Waals surface area contributed by atoms with Crippen LogP contribution in [0.15, 0.2) is 18.2 Å². The number of aromatic hydroxyl groups is 1. The molecule has 0 bridgehead atoms. The second-order valence-corrected chi connectivity index (χ2v) is 3.35. The number of halogens is 1. The summed E-state index contributed by atoms with van der Waals surface area (Å²) in [6, 6.07) is 4.39. The van der Waals surface area contributed by atoms with E-state index in [4.69, 9.17) is 0 Å². The van der Waals surface area contributed by atoms with Crippen molar-refractivity contribution < 1.29 is 9.50 Å². The summed E-state index contributed by atoms with van der Waals surface area (Å²) in [6.07, 6.45) is 2.13. The van der Waals surface area contributed by atoms with Gasteiger partial charge in [0.15, 0.2) is 0 Å². The maximum absolute atomic E-state index is 12.7. The maximum Gasteiger partial charge on any atom is 0.126 e. The van der Waals surface area contributed by atoms with Crippen molar-refractivity contribution in [1.82, 2.24) is 5.32 Å². The molecule has 70 valence electrons. The molecule has 1 fully saturated rings. The van der Waals surface area contributed by atoms with Gasteiger partial charge in [0.25, 0.3) is 0 Å². The molecule has 1 aromatic carbocycles. The van der Waals surface area contributed by atoms with Crippen LogP contribution in [-0.4, -0.2) is 11.7 Å². The van der Waals surface area contributed by atoms with Crippen LogP contribution in [0.5, 0.6) is 5.75 Å². The molecule has 1 heterocycles. The molecule has 0 spiro atoms. The first-order valence-corrected chi connectivity index (χ1v) is 4.49. The van der Waals surface area contributed by atoms with Crippen molar-refractivity contribution in [2.75, 3.05) is 6.54 Å². The molecular formula is C10H12FNO. The molecular weight excluding hydrogens is 169 g/mol. The summed E-state index contributed by atoms with van der Waals surface area (Å²) in [5.41, 5.74) is 0.805. The minimum Gasteiger partial charge on any atom is -0.508 e. The summed E-state index contributed by atoms with van der Waals surface area (Å²) >= 11 is 0. The first kappa shape index (κ1) is 8.51. The molecule has 2 rings (SSSR count). The molecule has 1 aromatic rings. The molecule has 0 radical (unpaired) electrons. The average molecular weight is 181 g/mol. The zero-order valence-electron chi connectivity index (χ0n) is 7.26. The number of hydrogen-bond acceptors (Lipinski definition) is 2. The standard InChI is InChI=1S/C10H12FNO/c11-7-3-4-8(10(13)6-7)9-2-1-5-12-9/h3-4,6,9,12-13H,1-2,5H2/t9-/m0/s1. The van der Waals surface area contributed by atoms with Gasteiger partial charge >= 0.3 is 0 Å². The molecule has 3 heteroatoms. The van der Waals surface area contributed by atoms with Gasteiger partial charge in [-0.2, -0.15) is 0 Å². The number of hydrogen-bond donors (Lipinski definition) is 2. The lowest BCUT2D eigenvalue weighted by atomic mass is 10.0. The van der Waals surface area contributed by atoms with Crippen molar-refractivity contribution in [1.29, 1.82) is 0 Å². The Balaban J connectivity index is 2.29. The van der Waals surface area contributed by atoms with Crippen molar-refractivity contribution in [2.45, 2.75) is 18.9 Å². The molecule has 1 aliphatic heterocycles. The highest BCUT2D eigenvalue weighted by molar-refractivity contribution is 5.35. The van der Waals surface area contributed by atoms with E-state index in [2.05, 4.69) is 5.32 Å². The topological polar surface area (TPSA) is 32.3 Å². The molecule has 0 unspecified atom stereocenters. The van der Waals surface area contributed by atoms with E-state index in [1.807, 2.05) is 0 Å². The van der Waals surface area contributed by atoms with E-state index >= 15 is 0 Å². The second-order valence-electron chi connectivity index (χ2n) is 3.35. The number of phenols is 1. The molecule has 2 N–H and O–H groups in total. The van der Waals surface area contributed by atoms with Gasteiger partial charge in [-0.1, -0.05) is 6.07 Å². The van der Waals surface area contributed by atoms with Crippen LogP contribution in [0.1, 0.15) is 24.4 Å². The van der Waals surface area contributed by atoms with Crippen molar-refractivity contribution in [3.63, 3.8) is 0 Å². The lowest BCUT2D eigenvalue weighted by Crippen LogP contribution is -2.12. The third-order valence-corrected chi connectivity index (χ3v) is 2.43. The van der Waals surface area contributed by atoms with Gasteiger partial charge < -0.3 is 10.4 Å². The Kier molecular flexibility index (Phi) is 2.19. The fourth-order valence-electron chi connectivity index (χ4n) is 1.76. The quantitative estimate of drug-likeness (QED) is 0.694. The molecule has 1 aliphatic rings. The molecule has 0 aromatic heterocycles. The number of rotatable bonds is 1. The summed E-state index contributed by atoms with van der Waals surface area (Å²) in [4.78, 5) is 0. The fraction of sp³-hybridized carbons (Fsp3) is 0.400. The normalized spacial score (nSPS) is 22.1. The van der Waals surface area contributed by atoms with E-state index in [-0.39, 0.29) is 17.6 Å². The average Bonchev–Trinajstić information content (AvgIpc) is 2.56. The lowest BCUT2D eigenvalue weighted by molar-refractivity contribution is 0.451. The van der Waals surface area contributed by atoms with Crippen LogP contribution >= 0.6 is 0 Å². The lowest BCUT2D eigenvalue weighted by Gasteiger charge is -2.11. The Morgan fingerprint density at radius 2 is 2.31 bits per heavy atom. The summed E-state index contributed by atoms with van der Waals surface area (Å²) in [5.74, 6) is -0.335. The Bertz CT molecular complexity index is 308. The Labute approximate surface area is 76.4 Å². The van der Waals surface area contributed by atoms with E-state index in [0.29, 0.717) is 0 Å². The van der Waals surface area contributed by atoms with Gasteiger partial charge in [0.2, 0.25) is 0 Å². The van der Waals surface area contributed by atoms with Crippen LogP contribution in [0.25, 0.3) is 0 Å². The van der Waals surface area contributed by atoms with Gasteiger partial charge in [-0.05, 0) is 25.5 Å². The summed E-state index contributed by atoms with van der Waals surface area (Å²) in [5, 5.41) is 12.7. The molecule has 0 aliphatic carbocycles. The van der Waals surface area contributed by atoms with E-state index in [1.54, 1.807) is 6.07 Å². The summed E-state index contributed by atoms with van der Waals surface area (Å²) < 4.78 is 12.7. The zero-order chi connectivity index (χ0) is 9.26. The fourth-order valence-corrected chi connectivity index (χ4v) is 1.76. The number of phenolic OH excluding ortho intramolecular Hbond substituents is 1. The van der Waals surface area contributed by atoms with Crippen LogP contribution in [0.4, 0.5) is 4.39 Å². The highest BCUT2D eigenvalue weighted by Crippen LogP contribution is 2.30. The van der Waals surface area contributed by atoms with E-state index in [9.17, 15) is 9.50 Å². The minimum absolute atomic E-state index is 0.0550. The van der Waals surface area contributed by atoms with E-state index in [0.717, 1.165) is 31.0 Å². The summed E-state index contributed by atoms with van der Waals surface area (Å²) in [7, 11) is 0. The highest BCUT2D eigenvalue weighted by Gasteiger charge is 2.18. The zero-order valence-corrected chi connectivity index (χ0v) is 7.26. The Morgan fingerprint density at radius 1 is 1.46 bits per heavy atom. The molecule has 0 amide bonds. The van der Waals surface area contributed by atoms with E-state index < -0.39 is 0 Å². The van der Waals surface area contributed by atoms with Crippen molar-refractivity contribution in [3.05, 3.63) is 29.6 Å². The van der Waals surface area contributed by atoms with Gasteiger partial charge in [0.1, 0.15) is 11.6 Å². The van der Waals surface area contributed by atoms with Crippen LogP contribution in [0, 0.1) is 5.82 Å². The SMILES string of the molecule is Oc1cc(F)ccc1[C@@H]1CCCN1. The summed E-state index contributed by atoms with van der Waals surface area (Å²) in [6.45, 7) is 0.974. The predicted molar refractivity (Wildman–Crippen MR) is 48.0 cm³/mol. The van der Waals surface area contributed by atoms with Crippen molar-refractivity contribution in [2.24, 2.45) is 0 Å². The van der Waals surface area contributed by atoms with Crippen molar-refractivity contribution >= 4 is 0 Å². The number of benzene rings is 1. The van der Waals surface area contributed by atoms with E-state index in [1.165, 1.54) is 6.07 Å². The smallest absolute Gasteiger partial charge is 0.126 e. The van der Waals surface area contributed by atoms with Crippen LogP contribution in [0.2, 0.25) is 0 Å². The number of nitrogens with one attached hydrogen (secondary N) is 1. The van der Waals surface area contributed by atoms with Gasteiger partial charge in [0, 0.05) is 17.7 Å². The van der Waals surface area contributed by atoms with Crippen LogP contribution < -0.4 is 5.32 Å². The third-order valence-electron chi connectivity index (χ3n) is 2.43. The largest absolute Gasteiger partial charge is 0.508 e. The second kappa shape index (κ2) is 3.34. The molecule has 1 atom stereocenters. The Hall–Kier alpha value is -1.09. The van der Waals surface area contributed by atoms with Crippen LogP contribution in [0.3, 0.4) is 0 Å². The predicted octanol–water partition coefficient (Wildman–Crippen LogP) is 1.96. The molecule has 0 saturated carbocycles. The molecule has 2 nitrogen and oxygen atoms in total. The van der Waals surface area contributed by atoms with Crippen molar-refractivity contribution in [3.8, 4) is 5.75 Å². The molecule has 13 heavy (non-hydrogen) atoms. The Morgan fingerprint density at radius 3 is 2.92 bits per heavy atom.